The third-order valence-corrected chi connectivity index (χ3v) is 4.19. The minimum absolute atomic E-state index is 0.463. The highest BCUT2D eigenvalue weighted by atomic mass is 79.9. The van der Waals surface area contributed by atoms with Crippen LogP contribution in [0.3, 0.4) is 0 Å². The number of thiophene rings is 1. The van der Waals surface area contributed by atoms with Crippen molar-refractivity contribution >= 4 is 27.3 Å². The van der Waals surface area contributed by atoms with Gasteiger partial charge >= 0.3 is 0 Å². The molecular formula is C13H18BrNS. The zero-order valence-corrected chi connectivity index (χ0v) is 12.0. The van der Waals surface area contributed by atoms with Crippen LogP contribution in [0.15, 0.2) is 15.9 Å². The molecule has 1 N–H and O–H groups in total. The molecule has 1 aromatic rings. The van der Waals surface area contributed by atoms with Crippen molar-refractivity contribution in [2.75, 3.05) is 6.54 Å². The van der Waals surface area contributed by atoms with Gasteiger partial charge in [-0.25, -0.2) is 0 Å². The van der Waals surface area contributed by atoms with Crippen LogP contribution in [0.1, 0.15) is 43.5 Å². The van der Waals surface area contributed by atoms with Crippen LogP contribution in [0, 0.1) is 12.3 Å². The molecule has 1 heterocycles. The van der Waals surface area contributed by atoms with E-state index in [1.165, 1.54) is 9.35 Å². The lowest BCUT2D eigenvalue weighted by Crippen LogP contribution is -2.21. The number of hydrogen-bond acceptors (Lipinski definition) is 2. The predicted octanol–water partition coefficient (Wildman–Crippen LogP) is 4.35. The number of rotatable bonds is 7. The Morgan fingerprint density at radius 1 is 1.62 bits per heavy atom. The van der Waals surface area contributed by atoms with Gasteiger partial charge in [-0.05, 0) is 47.8 Å². The number of nitrogens with one attached hydrogen (secondary N) is 1. The molecule has 0 aliphatic rings. The van der Waals surface area contributed by atoms with Gasteiger partial charge < -0.3 is 5.32 Å². The monoisotopic (exact) mass is 299 g/mol. The molecule has 0 amide bonds. The maximum Gasteiger partial charge on any atom is 0.0415 e. The van der Waals surface area contributed by atoms with E-state index in [2.05, 4.69) is 45.5 Å². The molecule has 0 saturated heterocycles. The van der Waals surface area contributed by atoms with Crippen LogP contribution >= 0.6 is 27.3 Å². The quantitative estimate of drug-likeness (QED) is 0.583. The summed E-state index contributed by atoms with van der Waals surface area (Å²) >= 11 is 5.31. The van der Waals surface area contributed by atoms with E-state index < -0.39 is 0 Å². The third kappa shape index (κ3) is 4.69. The summed E-state index contributed by atoms with van der Waals surface area (Å²) in [6.45, 7) is 3.26. The first-order chi connectivity index (χ1) is 7.77. The van der Waals surface area contributed by atoms with Crippen molar-refractivity contribution in [3.63, 3.8) is 0 Å². The van der Waals surface area contributed by atoms with Gasteiger partial charge in [-0.3, -0.25) is 0 Å². The van der Waals surface area contributed by atoms with Crippen molar-refractivity contribution in [2.45, 2.75) is 38.6 Å². The van der Waals surface area contributed by atoms with Crippen molar-refractivity contribution in [1.29, 1.82) is 0 Å². The lowest BCUT2D eigenvalue weighted by molar-refractivity contribution is 0.494. The molecule has 1 nitrogen and oxygen atoms in total. The Hall–Kier alpha value is -0.300. The summed E-state index contributed by atoms with van der Waals surface area (Å²) in [7, 11) is 0. The van der Waals surface area contributed by atoms with Gasteiger partial charge in [-0.15, -0.1) is 23.7 Å². The van der Waals surface area contributed by atoms with Gasteiger partial charge in [0.1, 0.15) is 0 Å². The second-order valence-electron chi connectivity index (χ2n) is 3.77. The van der Waals surface area contributed by atoms with E-state index in [-0.39, 0.29) is 0 Å². The fraction of sp³-hybridized carbons (Fsp3) is 0.538. The van der Waals surface area contributed by atoms with E-state index in [1.807, 2.05) is 0 Å². The van der Waals surface area contributed by atoms with Crippen molar-refractivity contribution in [3.05, 3.63) is 20.8 Å². The molecule has 0 aliphatic heterocycles. The SMILES string of the molecule is C#CCCCC(NCCC)c1cc(Br)cs1. The van der Waals surface area contributed by atoms with E-state index in [0.717, 1.165) is 32.2 Å². The van der Waals surface area contributed by atoms with Gasteiger partial charge in [0.05, 0.1) is 0 Å². The van der Waals surface area contributed by atoms with Gasteiger partial charge in [0, 0.05) is 27.2 Å². The molecule has 0 radical (unpaired) electrons. The first-order valence-corrected chi connectivity index (χ1v) is 7.36. The number of unbranched alkanes of at least 4 members (excludes halogenated alkanes) is 1. The first-order valence-electron chi connectivity index (χ1n) is 5.68. The Labute approximate surface area is 111 Å². The molecule has 0 fully saturated rings. The summed E-state index contributed by atoms with van der Waals surface area (Å²) < 4.78 is 1.17. The van der Waals surface area contributed by atoms with Crippen LogP contribution in [0.4, 0.5) is 0 Å². The van der Waals surface area contributed by atoms with Crippen molar-refractivity contribution in [1.82, 2.24) is 5.32 Å². The second kappa shape index (κ2) is 7.89. The smallest absolute Gasteiger partial charge is 0.0415 e. The fourth-order valence-corrected chi connectivity index (χ4v) is 3.14. The maximum atomic E-state index is 5.28. The van der Waals surface area contributed by atoms with Crippen LogP contribution < -0.4 is 5.32 Å². The van der Waals surface area contributed by atoms with Crippen LogP contribution in [-0.2, 0) is 0 Å². The van der Waals surface area contributed by atoms with Crippen LogP contribution in [0.2, 0.25) is 0 Å². The largest absolute Gasteiger partial charge is 0.309 e. The molecule has 0 bridgehead atoms. The summed E-state index contributed by atoms with van der Waals surface area (Å²) in [4.78, 5) is 1.40. The van der Waals surface area contributed by atoms with E-state index in [1.54, 1.807) is 11.3 Å². The number of terminal acetylenes is 1. The Morgan fingerprint density at radius 3 is 3.00 bits per heavy atom. The predicted molar refractivity (Wildman–Crippen MR) is 75.7 cm³/mol. The minimum atomic E-state index is 0.463. The standard InChI is InChI=1S/C13H18BrNS/c1-3-5-6-7-12(15-8-4-2)13-9-11(14)10-16-13/h1,9-10,12,15H,4-8H2,2H3. The molecule has 1 aromatic heterocycles. The molecular weight excluding hydrogens is 282 g/mol. The molecule has 1 rings (SSSR count). The minimum Gasteiger partial charge on any atom is -0.309 e. The van der Waals surface area contributed by atoms with Gasteiger partial charge in [-0.2, -0.15) is 0 Å². The second-order valence-corrected chi connectivity index (χ2v) is 5.63. The summed E-state index contributed by atoms with van der Waals surface area (Å²) in [6.07, 6.45) is 9.53. The molecule has 16 heavy (non-hydrogen) atoms. The molecule has 0 aromatic carbocycles. The number of halogens is 1. The molecule has 0 spiro atoms. The normalized spacial score (nSPS) is 12.3. The highest BCUT2D eigenvalue weighted by Crippen LogP contribution is 2.28. The lowest BCUT2D eigenvalue weighted by Gasteiger charge is -2.16. The molecule has 1 atom stereocenters. The average Bonchev–Trinajstić information content (AvgIpc) is 2.70. The molecule has 0 saturated carbocycles. The summed E-state index contributed by atoms with van der Waals surface area (Å²) in [5.74, 6) is 2.70. The van der Waals surface area contributed by atoms with E-state index in [9.17, 15) is 0 Å². The molecule has 1 unspecified atom stereocenters. The Kier molecular flexibility index (Phi) is 6.79. The van der Waals surface area contributed by atoms with Crippen LogP contribution in [-0.4, -0.2) is 6.54 Å². The highest BCUT2D eigenvalue weighted by molar-refractivity contribution is 9.10. The Balaban J connectivity index is 2.53. The number of hydrogen-bond donors (Lipinski definition) is 1. The van der Waals surface area contributed by atoms with Crippen LogP contribution in [0.25, 0.3) is 0 Å². The summed E-state index contributed by atoms with van der Waals surface area (Å²) in [6, 6.07) is 2.66. The third-order valence-electron chi connectivity index (χ3n) is 2.39. The van der Waals surface area contributed by atoms with Crippen LogP contribution in [0.5, 0.6) is 0 Å². The van der Waals surface area contributed by atoms with Gasteiger partial charge in [-0.1, -0.05) is 6.92 Å². The molecule has 0 aliphatic carbocycles. The molecule has 3 heteroatoms. The van der Waals surface area contributed by atoms with E-state index in [0.29, 0.717) is 6.04 Å². The van der Waals surface area contributed by atoms with Gasteiger partial charge in [0.2, 0.25) is 0 Å². The Bertz CT molecular complexity index is 340. The zero-order valence-electron chi connectivity index (χ0n) is 9.63. The van der Waals surface area contributed by atoms with Crippen molar-refractivity contribution in [3.8, 4) is 12.3 Å². The lowest BCUT2D eigenvalue weighted by atomic mass is 10.1. The first kappa shape index (κ1) is 13.8. The maximum absolute atomic E-state index is 5.28. The highest BCUT2D eigenvalue weighted by Gasteiger charge is 2.11. The van der Waals surface area contributed by atoms with Crippen molar-refractivity contribution < 1.29 is 0 Å². The van der Waals surface area contributed by atoms with Gasteiger partial charge in [0.25, 0.3) is 0 Å². The topological polar surface area (TPSA) is 12.0 Å². The zero-order chi connectivity index (χ0) is 11.8. The summed E-state index contributed by atoms with van der Waals surface area (Å²) in [5, 5.41) is 5.71. The fourth-order valence-electron chi connectivity index (χ4n) is 1.58. The molecule has 88 valence electrons. The van der Waals surface area contributed by atoms with Crippen molar-refractivity contribution in [2.24, 2.45) is 0 Å². The average molecular weight is 300 g/mol. The Morgan fingerprint density at radius 2 is 2.44 bits per heavy atom. The summed E-state index contributed by atoms with van der Waals surface area (Å²) in [5.41, 5.74) is 0. The van der Waals surface area contributed by atoms with Gasteiger partial charge in [0.15, 0.2) is 0 Å². The van der Waals surface area contributed by atoms with E-state index in [4.69, 9.17) is 6.42 Å². The van der Waals surface area contributed by atoms with E-state index >= 15 is 0 Å².